The highest BCUT2D eigenvalue weighted by molar-refractivity contribution is 5.86. The van der Waals surface area contributed by atoms with Crippen LogP contribution in [-0.4, -0.2) is 47.4 Å². The molecule has 1 aromatic carbocycles. The Morgan fingerprint density at radius 3 is 2.75 bits per heavy atom. The fourth-order valence-corrected chi connectivity index (χ4v) is 4.34. The second kappa shape index (κ2) is 6.46. The molecule has 3 amide bonds. The van der Waals surface area contributed by atoms with E-state index in [0.29, 0.717) is 6.54 Å². The number of hydrogen-bond acceptors (Lipinski definition) is 2. The van der Waals surface area contributed by atoms with E-state index < -0.39 is 0 Å². The number of benzene rings is 1. The fourth-order valence-electron chi connectivity index (χ4n) is 4.34. The lowest BCUT2D eigenvalue weighted by molar-refractivity contribution is -0.139. The van der Waals surface area contributed by atoms with E-state index in [1.165, 1.54) is 30.4 Å². The van der Waals surface area contributed by atoms with Crippen molar-refractivity contribution < 1.29 is 9.59 Å². The van der Waals surface area contributed by atoms with Gasteiger partial charge in [-0.1, -0.05) is 43.5 Å². The molecule has 0 radical (unpaired) electrons. The van der Waals surface area contributed by atoms with Crippen molar-refractivity contribution in [1.82, 2.24) is 15.1 Å². The van der Waals surface area contributed by atoms with Gasteiger partial charge in [-0.3, -0.25) is 4.79 Å². The molecular formula is C19H25N3O2. The fraction of sp³-hybridized carbons (Fsp3) is 0.579. The standard InChI is InChI=1S/C19H25N3O2/c23-18-13-21(19(24)20-15-7-2-1-3-8-15)12-17-16-9-5-4-6-14(16)10-11-22(17)18/h4-6,9,15,17H,1-3,7-8,10-13H2,(H,20,24)/t17-/m0/s1. The summed E-state index contributed by atoms with van der Waals surface area (Å²) in [7, 11) is 0. The van der Waals surface area contributed by atoms with E-state index in [2.05, 4.69) is 17.4 Å². The molecule has 1 saturated heterocycles. The van der Waals surface area contributed by atoms with E-state index in [1.54, 1.807) is 4.90 Å². The lowest BCUT2D eigenvalue weighted by Gasteiger charge is -2.44. The lowest BCUT2D eigenvalue weighted by Crippen LogP contribution is -2.58. The lowest BCUT2D eigenvalue weighted by atomic mass is 9.91. The van der Waals surface area contributed by atoms with Crippen molar-refractivity contribution in [3.63, 3.8) is 0 Å². The number of piperazine rings is 1. The number of urea groups is 1. The van der Waals surface area contributed by atoms with Crippen molar-refractivity contribution in [1.29, 1.82) is 0 Å². The molecule has 2 aliphatic heterocycles. The van der Waals surface area contributed by atoms with Gasteiger partial charge in [-0.15, -0.1) is 0 Å². The van der Waals surface area contributed by atoms with Crippen LogP contribution in [0.4, 0.5) is 4.79 Å². The largest absolute Gasteiger partial charge is 0.335 e. The van der Waals surface area contributed by atoms with Crippen molar-refractivity contribution in [3.05, 3.63) is 35.4 Å². The van der Waals surface area contributed by atoms with Crippen molar-refractivity contribution in [2.24, 2.45) is 0 Å². The molecule has 1 aliphatic carbocycles. The monoisotopic (exact) mass is 327 g/mol. The highest BCUT2D eigenvalue weighted by atomic mass is 16.2. The molecule has 0 unspecified atom stereocenters. The molecular weight excluding hydrogens is 302 g/mol. The molecule has 0 bridgehead atoms. The maximum Gasteiger partial charge on any atom is 0.318 e. The van der Waals surface area contributed by atoms with E-state index in [9.17, 15) is 9.59 Å². The Morgan fingerprint density at radius 1 is 1.12 bits per heavy atom. The Balaban J connectivity index is 1.49. The minimum absolute atomic E-state index is 0.00769. The van der Waals surface area contributed by atoms with Gasteiger partial charge in [-0.05, 0) is 30.4 Å². The van der Waals surface area contributed by atoms with Crippen LogP contribution in [0.3, 0.4) is 0 Å². The average molecular weight is 327 g/mol. The first kappa shape index (κ1) is 15.5. The molecule has 1 atom stereocenters. The summed E-state index contributed by atoms with van der Waals surface area (Å²) in [5, 5.41) is 3.14. The zero-order chi connectivity index (χ0) is 16.5. The number of carbonyl (C=O) groups is 2. The first-order valence-electron chi connectivity index (χ1n) is 9.15. The Morgan fingerprint density at radius 2 is 1.92 bits per heavy atom. The summed E-state index contributed by atoms with van der Waals surface area (Å²) in [5.41, 5.74) is 2.51. The van der Waals surface area contributed by atoms with Gasteiger partial charge in [0.25, 0.3) is 0 Å². The number of rotatable bonds is 1. The molecule has 5 heteroatoms. The van der Waals surface area contributed by atoms with Gasteiger partial charge in [0.05, 0.1) is 6.04 Å². The zero-order valence-corrected chi connectivity index (χ0v) is 14.0. The van der Waals surface area contributed by atoms with E-state index in [4.69, 9.17) is 0 Å². The number of hydrogen-bond donors (Lipinski definition) is 1. The van der Waals surface area contributed by atoms with Crippen molar-refractivity contribution in [3.8, 4) is 0 Å². The molecule has 4 rings (SSSR count). The van der Waals surface area contributed by atoms with Crippen LogP contribution in [-0.2, 0) is 11.2 Å². The number of nitrogens with zero attached hydrogens (tertiary/aromatic N) is 2. The molecule has 2 heterocycles. The van der Waals surface area contributed by atoms with E-state index in [0.717, 1.165) is 25.8 Å². The summed E-state index contributed by atoms with van der Waals surface area (Å²) >= 11 is 0. The predicted molar refractivity (Wildman–Crippen MR) is 91.6 cm³/mol. The SMILES string of the molecule is O=C(NC1CCCCC1)N1CC(=O)N2CCc3ccccc3[C@@H]2C1. The average Bonchev–Trinajstić information content (AvgIpc) is 2.62. The minimum atomic E-state index is -0.0713. The molecule has 1 aromatic rings. The molecule has 24 heavy (non-hydrogen) atoms. The first-order valence-corrected chi connectivity index (χ1v) is 9.15. The molecule has 1 N–H and O–H groups in total. The Hall–Kier alpha value is -2.04. The van der Waals surface area contributed by atoms with Crippen LogP contribution in [0.15, 0.2) is 24.3 Å². The van der Waals surface area contributed by atoms with Gasteiger partial charge in [0, 0.05) is 19.1 Å². The van der Waals surface area contributed by atoms with Crippen LogP contribution in [0.5, 0.6) is 0 Å². The van der Waals surface area contributed by atoms with Gasteiger partial charge in [0.1, 0.15) is 6.54 Å². The van der Waals surface area contributed by atoms with E-state index in [-0.39, 0.29) is 30.6 Å². The van der Waals surface area contributed by atoms with Gasteiger partial charge < -0.3 is 15.1 Å². The second-order valence-electron chi connectivity index (χ2n) is 7.22. The van der Waals surface area contributed by atoms with Gasteiger partial charge in [0.15, 0.2) is 0 Å². The molecule has 0 aromatic heterocycles. The molecule has 0 spiro atoms. The topological polar surface area (TPSA) is 52.7 Å². The van der Waals surface area contributed by atoms with Crippen molar-refractivity contribution in [2.75, 3.05) is 19.6 Å². The van der Waals surface area contributed by atoms with E-state index >= 15 is 0 Å². The molecule has 3 aliphatic rings. The van der Waals surface area contributed by atoms with Crippen molar-refractivity contribution in [2.45, 2.75) is 50.6 Å². The maximum atomic E-state index is 12.6. The van der Waals surface area contributed by atoms with Crippen LogP contribution in [0, 0.1) is 0 Å². The number of fused-ring (bicyclic) bond motifs is 3. The molecule has 2 fully saturated rings. The van der Waals surface area contributed by atoms with E-state index in [1.807, 2.05) is 17.0 Å². The summed E-state index contributed by atoms with van der Waals surface area (Å²) in [6, 6.07) is 8.52. The van der Waals surface area contributed by atoms with Gasteiger partial charge in [0.2, 0.25) is 5.91 Å². The molecule has 128 valence electrons. The van der Waals surface area contributed by atoms with Gasteiger partial charge in [-0.25, -0.2) is 4.79 Å². The second-order valence-corrected chi connectivity index (χ2v) is 7.22. The highest BCUT2D eigenvalue weighted by Crippen LogP contribution is 2.33. The Bertz CT molecular complexity index is 639. The number of nitrogens with one attached hydrogen (secondary N) is 1. The summed E-state index contributed by atoms with van der Waals surface area (Å²) in [5.74, 6) is 0.0690. The number of amides is 3. The third kappa shape index (κ3) is 2.87. The smallest absolute Gasteiger partial charge is 0.318 e. The summed E-state index contributed by atoms with van der Waals surface area (Å²) < 4.78 is 0. The van der Waals surface area contributed by atoms with Crippen LogP contribution in [0.2, 0.25) is 0 Å². The molecule has 5 nitrogen and oxygen atoms in total. The summed E-state index contributed by atoms with van der Waals surface area (Å²) in [6.07, 6.45) is 6.67. The maximum absolute atomic E-state index is 12.6. The van der Waals surface area contributed by atoms with Crippen LogP contribution in [0.25, 0.3) is 0 Å². The quantitative estimate of drug-likeness (QED) is 0.861. The third-order valence-corrected chi connectivity index (χ3v) is 5.67. The Labute approximate surface area is 143 Å². The normalized spacial score (nSPS) is 24.3. The minimum Gasteiger partial charge on any atom is -0.335 e. The predicted octanol–water partition coefficient (Wildman–Crippen LogP) is 2.47. The summed E-state index contributed by atoms with van der Waals surface area (Å²) in [6.45, 7) is 1.57. The number of carbonyl (C=O) groups excluding carboxylic acids is 2. The first-order chi connectivity index (χ1) is 11.7. The Kier molecular flexibility index (Phi) is 4.17. The zero-order valence-electron chi connectivity index (χ0n) is 14.0. The van der Waals surface area contributed by atoms with Crippen LogP contribution in [0.1, 0.15) is 49.3 Å². The van der Waals surface area contributed by atoms with Crippen molar-refractivity contribution >= 4 is 11.9 Å². The van der Waals surface area contributed by atoms with Gasteiger partial charge >= 0.3 is 6.03 Å². The third-order valence-electron chi connectivity index (χ3n) is 5.67. The summed E-state index contributed by atoms with van der Waals surface area (Å²) in [4.78, 5) is 28.9. The van der Waals surface area contributed by atoms with Crippen LogP contribution < -0.4 is 5.32 Å². The van der Waals surface area contributed by atoms with Gasteiger partial charge in [-0.2, -0.15) is 0 Å². The molecule has 1 saturated carbocycles. The van der Waals surface area contributed by atoms with Crippen LogP contribution >= 0.6 is 0 Å². The highest BCUT2D eigenvalue weighted by Gasteiger charge is 2.38.